The molecule has 2 aromatic carbocycles. The van der Waals surface area contributed by atoms with Crippen molar-refractivity contribution in [3.63, 3.8) is 0 Å². The van der Waals surface area contributed by atoms with Gasteiger partial charge in [-0.25, -0.2) is 14.2 Å². The predicted octanol–water partition coefficient (Wildman–Crippen LogP) is 2.05. The van der Waals surface area contributed by atoms with Gasteiger partial charge in [0.05, 0.1) is 13.7 Å². The van der Waals surface area contributed by atoms with Crippen molar-refractivity contribution in [1.29, 1.82) is 0 Å². The Hall–Kier alpha value is -3.35. The van der Waals surface area contributed by atoms with Gasteiger partial charge in [0.15, 0.2) is 0 Å². The van der Waals surface area contributed by atoms with E-state index >= 15 is 0 Å². The molecule has 0 radical (unpaired) electrons. The number of aromatic nitrogens is 3. The Bertz CT molecular complexity index is 1020. The van der Waals surface area contributed by atoms with Crippen molar-refractivity contribution in [2.75, 3.05) is 12.4 Å². The molecule has 0 aliphatic heterocycles. The van der Waals surface area contributed by atoms with E-state index in [1.807, 2.05) is 31.2 Å². The fourth-order valence-corrected chi connectivity index (χ4v) is 2.50. The number of nitrogens with one attached hydrogen (secondary N) is 1. The zero-order chi connectivity index (χ0) is 18.7. The number of rotatable bonds is 5. The molecule has 0 unspecified atom stereocenters. The van der Waals surface area contributed by atoms with Gasteiger partial charge >= 0.3 is 11.4 Å². The molecular weight excluding hydrogens is 332 g/mol. The highest BCUT2D eigenvalue weighted by atomic mass is 16.5. The van der Waals surface area contributed by atoms with Gasteiger partial charge in [-0.3, -0.25) is 4.57 Å². The summed E-state index contributed by atoms with van der Waals surface area (Å²) in [4.78, 5) is 28.6. The third-order valence-electron chi connectivity index (χ3n) is 4.07. The third-order valence-corrected chi connectivity index (χ3v) is 4.07. The van der Waals surface area contributed by atoms with Crippen molar-refractivity contribution in [3.8, 4) is 5.75 Å². The smallest absolute Gasteiger partial charge is 0.354 e. The van der Waals surface area contributed by atoms with E-state index in [9.17, 15) is 9.59 Å². The van der Waals surface area contributed by atoms with Gasteiger partial charge in [-0.15, -0.1) is 0 Å². The number of ether oxygens (including phenoxy) is 1. The summed E-state index contributed by atoms with van der Waals surface area (Å²) in [6, 6.07) is 15.0. The van der Waals surface area contributed by atoms with Gasteiger partial charge < -0.3 is 10.1 Å². The molecule has 0 amide bonds. The second kappa shape index (κ2) is 7.26. The molecule has 7 nitrogen and oxygen atoms in total. The quantitative estimate of drug-likeness (QED) is 0.760. The highest BCUT2D eigenvalue weighted by Gasteiger charge is 2.12. The second-order valence-corrected chi connectivity index (χ2v) is 5.98. The van der Waals surface area contributed by atoms with E-state index in [1.54, 1.807) is 31.4 Å². The summed E-state index contributed by atoms with van der Waals surface area (Å²) in [5, 5.41) is 3.05. The number of benzene rings is 2. The van der Waals surface area contributed by atoms with Crippen LogP contribution in [0.15, 0.2) is 58.1 Å². The van der Waals surface area contributed by atoms with Crippen molar-refractivity contribution >= 4 is 11.6 Å². The van der Waals surface area contributed by atoms with Gasteiger partial charge in [0.1, 0.15) is 5.75 Å². The second-order valence-electron chi connectivity index (χ2n) is 5.98. The molecule has 3 rings (SSSR count). The maximum absolute atomic E-state index is 12.6. The minimum absolute atomic E-state index is 0.198. The number of hydrogen-bond donors (Lipinski definition) is 1. The molecule has 0 bridgehead atoms. The molecule has 7 heteroatoms. The Morgan fingerprint density at radius 3 is 2.31 bits per heavy atom. The highest BCUT2D eigenvalue weighted by molar-refractivity contribution is 5.54. The molecule has 1 N–H and O–H groups in total. The first-order chi connectivity index (χ1) is 12.5. The number of methoxy groups -OCH3 is 1. The lowest BCUT2D eigenvalue weighted by atomic mass is 10.1. The van der Waals surface area contributed by atoms with Crippen molar-refractivity contribution in [2.45, 2.75) is 13.5 Å². The van der Waals surface area contributed by atoms with Crippen molar-refractivity contribution in [2.24, 2.45) is 7.05 Å². The molecule has 0 atom stereocenters. The van der Waals surface area contributed by atoms with Crippen molar-refractivity contribution < 1.29 is 4.74 Å². The van der Waals surface area contributed by atoms with E-state index in [1.165, 1.54) is 11.6 Å². The van der Waals surface area contributed by atoms with Crippen LogP contribution in [0.4, 0.5) is 11.6 Å². The summed E-state index contributed by atoms with van der Waals surface area (Å²) in [5.41, 5.74) is 1.74. The Balaban J connectivity index is 2.01. The fourth-order valence-electron chi connectivity index (χ4n) is 2.50. The van der Waals surface area contributed by atoms with E-state index in [0.717, 1.165) is 15.7 Å². The Kier molecular flexibility index (Phi) is 4.88. The number of aryl methyl sites for hydroxylation is 1. The van der Waals surface area contributed by atoms with Crippen LogP contribution in [-0.4, -0.2) is 21.2 Å². The van der Waals surface area contributed by atoms with E-state index in [0.29, 0.717) is 18.0 Å². The van der Waals surface area contributed by atoms with Crippen LogP contribution in [0, 0.1) is 6.92 Å². The average molecular weight is 352 g/mol. The van der Waals surface area contributed by atoms with Gasteiger partial charge in [0.25, 0.3) is 0 Å². The van der Waals surface area contributed by atoms with E-state index in [4.69, 9.17) is 4.74 Å². The van der Waals surface area contributed by atoms with E-state index in [-0.39, 0.29) is 5.95 Å². The molecular formula is C19H20N4O3. The van der Waals surface area contributed by atoms with Crippen molar-refractivity contribution in [1.82, 2.24) is 14.1 Å². The number of anilines is 2. The SMILES string of the molecule is COc1ccc(Nc2nc(=O)n(C)c(=O)n2Cc2ccc(C)cc2)cc1. The summed E-state index contributed by atoms with van der Waals surface area (Å²) >= 11 is 0. The predicted molar refractivity (Wildman–Crippen MR) is 100 cm³/mol. The van der Waals surface area contributed by atoms with E-state index in [2.05, 4.69) is 10.3 Å². The minimum Gasteiger partial charge on any atom is -0.497 e. The van der Waals surface area contributed by atoms with Crippen LogP contribution in [0.5, 0.6) is 5.75 Å². The monoisotopic (exact) mass is 352 g/mol. The van der Waals surface area contributed by atoms with Crippen LogP contribution in [0.2, 0.25) is 0 Å². The lowest BCUT2D eigenvalue weighted by Gasteiger charge is -2.14. The summed E-state index contributed by atoms with van der Waals surface area (Å²) in [5.74, 6) is 0.911. The molecule has 0 fully saturated rings. The van der Waals surface area contributed by atoms with Crippen LogP contribution in [0.25, 0.3) is 0 Å². The van der Waals surface area contributed by atoms with Gasteiger partial charge in [0, 0.05) is 12.7 Å². The molecule has 0 saturated heterocycles. The average Bonchev–Trinajstić information content (AvgIpc) is 2.65. The van der Waals surface area contributed by atoms with Gasteiger partial charge in [-0.05, 0) is 36.8 Å². The van der Waals surface area contributed by atoms with Crippen molar-refractivity contribution in [3.05, 3.63) is 80.6 Å². The molecule has 0 aliphatic carbocycles. The van der Waals surface area contributed by atoms with Gasteiger partial charge in [0.2, 0.25) is 5.95 Å². The van der Waals surface area contributed by atoms with Crippen LogP contribution in [-0.2, 0) is 13.6 Å². The lowest BCUT2D eigenvalue weighted by Crippen LogP contribution is -2.41. The molecule has 1 heterocycles. The maximum atomic E-state index is 12.6. The molecule has 0 spiro atoms. The first-order valence-electron chi connectivity index (χ1n) is 8.12. The Labute approximate surface area is 150 Å². The molecule has 26 heavy (non-hydrogen) atoms. The minimum atomic E-state index is -0.605. The van der Waals surface area contributed by atoms with Crippen LogP contribution < -0.4 is 21.4 Å². The van der Waals surface area contributed by atoms with E-state index < -0.39 is 11.4 Å². The molecule has 0 saturated carbocycles. The number of nitrogens with zero attached hydrogens (tertiary/aromatic N) is 3. The maximum Gasteiger partial charge on any atom is 0.354 e. The third kappa shape index (κ3) is 3.66. The summed E-state index contributed by atoms with van der Waals surface area (Å²) < 4.78 is 7.57. The normalized spacial score (nSPS) is 10.6. The first kappa shape index (κ1) is 17.5. The van der Waals surface area contributed by atoms with Crippen LogP contribution in [0.3, 0.4) is 0 Å². The highest BCUT2D eigenvalue weighted by Crippen LogP contribution is 2.18. The zero-order valence-electron chi connectivity index (χ0n) is 14.9. The largest absolute Gasteiger partial charge is 0.497 e. The Morgan fingerprint density at radius 2 is 1.69 bits per heavy atom. The zero-order valence-corrected chi connectivity index (χ0v) is 14.9. The molecule has 1 aromatic heterocycles. The first-order valence-corrected chi connectivity index (χ1v) is 8.12. The fraction of sp³-hybridized carbons (Fsp3) is 0.211. The summed E-state index contributed by atoms with van der Waals surface area (Å²) in [6.45, 7) is 2.30. The molecule has 0 aliphatic rings. The standard InChI is InChI=1S/C19H20N4O3/c1-13-4-6-14(7-5-13)12-23-17(21-18(24)22(2)19(23)25)20-15-8-10-16(26-3)11-9-15/h4-11H,12H2,1-3H3,(H,20,21,24). The Morgan fingerprint density at radius 1 is 1.04 bits per heavy atom. The van der Waals surface area contributed by atoms with Crippen LogP contribution >= 0.6 is 0 Å². The summed E-state index contributed by atoms with van der Waals surface area (Å²) in [7, 11) is 3.00. The van der Waals surface area contributed by atoms with Crippen LogP contribution in [0.1, 0.15) is 11.1 Å². The summed E-state index contributed by atoms with van der Waals surface area (Å²) in [6.07, 6.45) is 0. The molecule has 3 aromatic rings. The number of hydrogen-bond acceptors (Lipinski definition) is 5. The topological polar surface area (TPSA) is 78.2 Å². The van der Waals surface area contributed by atoms with Gasteiger partial charge in [-0.1, -0.05) is 29.8 Å². The van der Waals surface area contributed by atoms with Gasteiger partial charge in [-0.2, -0.15) is 4.98 Å². The lowest BCUT2D eigenvalue weighted by molar-refractivity contribution is 0.415. The molecule has 134 valence electrons.